The fourth-order valence-electron chi connectivity index (χ4n) is 7.57. The number of rotatable bonds is 4. The number of pyridine rings is 1. The number of hydrogen-bond donors (Lipinski definition) is 1. The number of hydrogen-bond acceptors (Lipinski definition) is 4. The van der Waals surface area contributed by atoms with Crippen LogP contribution < -0.4 is 0 Å². The van der Waals surface area contributed by atoms with Crippen LogP contribution in [-0.4, -0.2) is 15.1 Å². The van der Waals surface area contributed by atoms with Crippen molar-refractivity contribution >= 4 is 11.1 Å². The maximum Gasteiger partial charge on any atom is 0.231 e. The molecule has 0 spiro atoms. The van der Waals surface area contributed by atoms with E-state index >= 15 is 0 Å². The van der Waals surface area contributed by atoms with Crippen LogP contribution in [0.25, 0.3) is 44.8 Å². The van der Waals surface area contributed by atoms with E-state index in [2.05, 4.69) is 139 Å². The van der Waals surface area contributed by atoms with Gasteiger partial charge in [0.15, 0.2) is 5.58 Å². The molecule has 4 heteroatoms. The van der Waals surface area contributed by atoms with Crippen LogP contribution in [0.4, 0.5) is 0 Å². The first-order chi connectivity index (χ1) is 23.5. The fourth-order valence-corrected chi connectivity index (χ4v) is 7.57. The van der Waals surface area contributed by atoms with Crippen molar-refractivity contribution in [2.45, 2.75) is 57.8 Å². The topological polar surface area (TPSA) is 59.2 Å². The summed E-state index contributed by atoms with van der Waals surface area (Å²) in [5, 5.41) is 11.6. The minimum Gasteiger partial charge on any atom is -0.507 e. The van der Waals surface area contributed by atoms with Crippen LogP contribution >= 0.6 is 0 Å². The summed E-state index contributed by atoms with van der Waals surface area (Å²) in [5.41, 5.74) is 12.1. The maximum absolute atomic E-state index is 11.6. The van der Waals surface area contributed by atoms with Gasteiger partial charge in [0, 0.05) is 17.3 Å². The molecule has 7 aromatic rings. The second-order valence-electron chi connectivity index (χ2n) is 15.2. The Morgan fingerprint density at radius 3 is 1.92 bits per heavy atom. The van der Waals surface area contributed by atoms with Gasteiger partial charge in [0.05, 0.1) is 16.7 Å². The predicted octanol–water partition coefficient (Wildman–Crippen LogP) is 11.2. The highest BCUT2D eigenvalue weighted by molar-refractivity contribution is 5.93. The van der Waals surface area contributed by atoms with Crippen molar-refractivity contribution in [2.75, 3.05) is 0 Å². The normalized spacial score (nSPS) is 13.8. The zero-order chi connectivity index (χ0) is 34.1. The molecule has 49 heavy (non-hydrogen) atoms. The molecular weight excluding hydrogens is 601 g/mol. The lowest BCUT2D eigenvalue weighted by Crippen LogP contribution is -2.29. The summed E-state index contributed by atoms with van der Waals surface area (Å²) in [6.07, 6.45) is 1.89. The van der Waals surface area contributed by atoms with Crippen molar-refractivity contribution in [2.24, 2.45) is 0 Å². The Kier molecular flexibility index (Phi) is 6.94. The molecule has 4 nitrogen and oxygen atoms in total. The molecule has 0 unspecified atom stereocenters. The number of benzene rings is 5. The number of oxazole rings is 1. The standard InChI is InChI=1S/C45H40N2O2/c1-43(2,3)30-26-34(41(48)37(27-30)44(4,5)6)42-47-40-31(19-14-22-38(40)49-42)28-15-13-16-29(25-28)45(39-23-11-12-24-46-39)35-20-9-7-17-32(35)33-18-8-10-21-36(33)45/h7-27,48H,1-6H3. The summed E-state index contributed by atoms with van der Waals surface area (Å²) < 4.78 is 6.46. The number of phenolic OH excluding ortho intramolecular Hbond substituents is 1. The summed E-state index contributed by atoms with van der Waals surface area (Å²) in [6, 6.07) is 42.6. The Morgan fingerprint density at radius 1 is 0.612 bits per heavy atom. The molecule has 0 aliphatic heterocycles. The molecule has 0 bridgehead atoms. The molecule has 2 aromatic heterocycles. The summed E-state index contributed by atoms with van der Waals surface area (Å²) in [7, 11) is 0. The lowest BCUT2D eigenvalue weighted by molar-refractivity contribution is 0.444. The first kappa shape index (κ1) is 30.8. The lowest BCUT2D eigenvalue weighted by Gasteiger charge is -2.33. The van der Waals surface area contributed by atoms with Crippen molar-refractivity contribution in [3.63, 3.8) is 0 Å². The smallest absolute Gasteiger partial charge is 0.231 e. The molecule has 5 aromatic carbocycles. The lowest BCUT2D eigenvalue weighted by atomic mass is 9.69. The Morgan fingerprint density at radius 2 is 1.27 bits per heavy atom. The molecule has 2 heterocycles. The second-order valence-corrected chi connectivity index (χ2v) is 15.2. The van der Waals surface area contributed by atoms with Gasteiger partial charge in [-0.1, -0.05) is 133 Å². The summed E-state index contributed by atoms with van der Waals surface area (Å²) in [6.45, 7) is 12.9. The number of fused-ring (bicyclic) bond motifs is 4. The molecule has 0 saturated heterocycles. The van der Waals surface area contributed by atoms with Crippen molar-refractivity contribution in [1.29, 1.82) is 0 Å². The SMILES string of the molecule is CC(C)(C)c1cc(-c2nc3c(-c4cccc(C5(c6ccccn6)c6ccccc6-c6ccccc65)c4)cccc3o2)c(O)c(C(C)(C)C)c1. The monoisotopic (exact) mass is 640 g/mol. The molecule has 242 valence electrons. The predicted molar refractivity (Wildman–Crippen MR) is 199 cm³/mol. The average molecular weight is 641 g/mol. The van der Waals surface area contributed by atoms with Crippen LogP contribution in [0.5, 0.6) is 5.75 Å². The van der Waals surface area contributed by atoms with Gasteiger partial charge in [-0.2, -0.15) is 0 Å². The van der Waals surface area contributed by atoms with Gasteiger partial charge in [-0.15, -0.1) is 0 Å². The highest BCUT2D eigenvalue weighted by atomic mass is 16.3. The van der Waals surface area contributed by atoms with E-state index in [1.807, 2.05) is 30.5 Å². The fraction of sp³-hybridized carbons (Fsp3) is 0.200. The molecular formula is C45H40N2O2. The van der Waals surface area contributed by atoms with E-state index in [0.29, 0.717) is 17.0 Å². The molecule has 1 aliphatic carbocycles. The Labute approximate surface area is 288 Å². The van der Waals surface area contributed by atoms with E-state index in [0.717, 1.165) is 39.0 Å². The van der Waals surface area contributed by atoms with Gasteiger partial charge >= 0.3 is 0 Å². The first-order valence-electron chi connectivity index (χ1n) is 17.0. The molecule has 0 fully saturated rings. The van der Waals surface area contributed by atoms with Crippen LogP contribution in [0.1, 0.15) is 75.1 Å². The van der Waals surface area contributed by atoms with Gasteiger partial charge in [-0.05, 0) is 80.1 Å². The van der Waals surface area contributed by atoms with Crippen molar-refractivity contribution in [3.05, 3.63) is 161 Å². The first-order valence-corrected chi connectivity index (χ1v) is 17.0. The van der Waals surface area contributed by atoms with Crippen LogP contribution in [-0.2, 0) is 16.2 Å². The number of phenols is 1. The minimum absolute atomic E-state index is 0.124. The van der Waals surface area contributed by atoms with E-state index in [9.17, 15) is 5.11 Å². The zero-order valence-corrected chi connectivity index (χ0v) is 28.9. The summed E-state index contributed by atoms with van der Waals surface area (Å²) in [4.78, 5) is 10.1. The molecule has 0 radical (unpaired) electrons. The van der Waals surface area contributed by atoms with Crippen molar-refractivity contribution < 1.29 is 9.52 Å². The molecule has 0 atom stereocenters. The van der Waals surface area contributed by atoms with Gasteiger partial charge in [0.25, 0.3) is 0 Å². The average Bonchev–Trinajstić information content (AvgIpc) is 3.66. The summed E-state index contributed by atoms with van der Waals surface area (Å²) in [5.74, 6) is 0.628. The molecule has 0 saturated carbocycles. The van der Waals surface area contributed by atoms with E-state index in [-0.39, 0.29) is 16.6 Å². The third-order valence-electron chi connectivity index (χ3n) is 10.0. The van der Waals surface area contributed by atoms with E-state index in [1.165, 1.54) is 22.3 Å². The summed E-state index contributed by atoms with van der Waals surface area (Å²) >= 11 is 0. The highest BCUT2D eigenvalue weighted by Gasteiger charge is 2.47. The van der Waals surface area contributed by atoms with E-state index in [1.54, 1.807) is 0 Å². The van der Waals surface area contributed by atoms with Gasteiger partial charge < -0.3 is 9.52 Å². The Balaban J connectivity index is 1.34. The third kappa shape index (κ3) is 4.81. The van der Waals surface area contributed by atoms with Crippen LogP contribution in [0.15, 0.2) is 132 Å². The second kappa shape index (κ2) is 11.0. The number of aromatic nitrogens is 2. The van der Waals surface area contributed by atoms with Crippen molar-refractivity contribution in [3.8, 4) is 39.5 Å². The van der Waals surface area contributed by atoms with Crippen LogP contribution in [0, 0.1) is 0 Å². The molecule has 0 amide bonds. The number of aromatic hydroxyl groups is 1. The number of nitrogens with zero attached hydrogens (tertiary/aromatic N) is 2. The van der Waals surface area contributed by atoms with Gasteiger partial charge in [0.2, 0.25) is 5.89 Å². The molecule has 8 rings (SSSR count). The highest BCUT2D eigenvalue weighted by Crippen LogP contribution is 2.56. The molecule has 1 aliphatic rings. The van der Waals surface area contributed by atoms with Gasteiger partial charge in [-0.3, -0.25) is 4.98 Å². The maximum atomic E-state index is 11.6. The quantitative estimate of drug-likeness (QED) is 0.208. The van der Waals surface area contributed by atoms with Gasteiger partial charge in [-0.25, -0.2) is 4.98 Å². The van der Waals surface area contributed by atoms with E-state index < -0.39 is 5.41 Å². The Bertz CT molecular complexity index is 2330. The van der Waals surface area contributed by atoms with Crippen LogP contribution in [0.3, 0.4) is 0 Å². The third-order valence-corrected chi connectivity index (χ3v) is 10.0. The van der Waals surface area contributed by atoms with Crippen molar-refractivity contribution in [1.82, 2.24) is 9.97 Å². The number of para-hydroxylation sites is 1. The molecule has 1 N–H and O–H groups in total. The van der Waals surface area contributed by atoms with Crippen LogP contribution in [0.2, 0.25) is 0 Å². The van der Waals surface area contributed by atoms with Gasteiger partial charge in [0.1, 0.15) is 11.3 Å². The minimum atomic E-state index is -0.601. The largest absolute Gasteiger partial charge is 0.507 e. The van der Waals surface area contributed by atoms with E-state index in [4.69, 9.17) is 14.4 Å². The Hall–Kier alpha value is -5.48. The zero-order valence-electron chi connectivity index (χ0n) is 28.9.